The van der Waals surface area contributed by atoms with E-state index in [1.807, 2.05) is 0 Å². The lowest BCUT2D eigenvalue weighted by molar-refractivity contribution is 0.0602. The fourth-order valence-corrected chi connectivity index (χ4v) is 2.45. The first-order valence-corrected chi connectivity index (χ1v) is 7.54. The van der Waals surface area contributed by atoms with E-state index in [4.69, 9.17) is 10.5 Å². The molecule has 0 atom stereocenters. The molecular formula is C16H27N3O2. The van der Waals surface area contributed by atoms with Crippen LogP contribution in [0.4, 0.5) is 11.5 Å². The standard InChI is InChI=1S/C16H27N3O2/c1-6-12(7-2)19(10-11(3)4)15-8-13(16(20)21-5)14(17)9-18-15/h8-9,11-12H,6-7,10,17H2,1-5H3. The van der Waals surface area contributed by atoms with Gasteiger partial charge < -0.3 is 15.4 Å². The fraction of sp³-hybridized carbons (Fsp3) is 0.625. The zero-order chi connectivity index (χ0) is 16.0. The number of carbonyl (C=O) groups is 1. The van der Waals surface area contributed by atoms with Gasteiger partial charge in [0.25, 0.3) is 0 Å². The van der Waals surface area contributed by atoms with Crippen molar-refractivity contribution < 1.29 is 9.53 Å². The van der Waals surface area contributed by atoms with Gasteiger partial charge in [-0.1, -0.05) is 27.7 Å². The highest BCUT2D eigenvalue weighted by molar-refractivity contribution is 5.95. The lowest BCUT2D eigenvalue weighted by atomic mass is 10.1. The minimum atomic E-state index is -0.426. The van der Waals surface area contributed by atoms with E-state index < -0.39 is 5.97 Å². The van der Waals surface area contributed by atoms with Crippen LogP contribution >= 0.6 is 0 Å². The van der Waals surface area contributed by atoms with Crippen LogP contribution in [0.5, 0.6) is 0 Å². The molecule has 0 aliphatic rings. The topological polar surface area (TPSA) is 68.5 Å². The van der Waals surface area contributed by atoms with E-state index in [0.29, 0.717) is 23.2 Å². The molecule has 0 fully saturated rings. The molecule has 0 radical (unpaired) electrons. The van der Waals surface area contributed by atoms with Gasteiger partial charge in [0.1, 0.15) is 5.82 Å². The van der Waals surface area contributed by atoms with Crippen molar-refractivity contribution in [1.29, 1.82) is 0 Å². The van der Waals surface area contributed by atoms with Gasteiger partial charge in [-0.05, 0) is 24.8 Å². The molecule has 0 aromatic carbocycles. The third kappa shape index (κ3) is 4.34. The van der Waals surface area contributed by atoms with E-state index in [9.17, 15) is 4.79 Å². The predicted molar refractivity (Wildman–Crippen MR) is 86.5 cm³/mol. The predicted octanol–water partition coefficient (Wildman–Crippen LogP) is 3.10. The smallest absolute Gasteiger partial charge is 0.340 e. The zero-order valence-corrected chi connectivity index (χ0v) is 13.7. The van der Waals surface area contributed by atoms with Crippen LogP contribution in [0.1, 0.15) is 50.9 Å². The summed E-state index contributed by atoms with van der Waals surface area (Å²) >= 11 is 0. The van der Waals surface area contributed by atoms with Crippen molar-refractivity contribution in [3.8, 4) is 0 Å². The Kier molecular flexibility index (Phi) is 6.46. The molecule has 2 N–H and O–H groups in total. The summed E-state index contributed by atoms with van der Waals surface area (Å²) in [6.45, 7) is 9.58. The first kappa shape index (κ1) is 17.3. The van der Waals surface area contributed by atoms with E-state index >= 15 is 0 Å². The summed E-state index contributed by atoms with van der Waals surface area (Å²) in [6.07, 6.45) is 3.60. The van der Waals surface area contributed by atoms with Crippen molar-refractivity contribution in [2.45, 2.75) is 46.6 Å². The number of rotatable bonds is 7. The summed E-state index contributed by atoms with van der Waals surface area (Å²) in [5.41, 5.74) is 6.55. The van der Waals surface area contributed by atoms with Crippen LogP contribution in [-0.2, 0) is 4.74 Å². The third-order valence-corrected chi connectivity index (χ3v) is 3.57. The Balaban J connectivity index is 3.21. The Hall–Kier alpha value is -1.78. The normalized spacial score (nSPS) is 11.0. The Bertz CT molecular complexity index is 471. The largest absolute Gasteiger partial charge is 0.465 e. The summed E-state index contributed by atoms with van der Waals surface area (Å²) < 4.78 is 4.78. The molecule has 5 nitrogen and oxygen atoms in total. The van der Waals surface area contributed by atoms with Gasteiger partial charge in [-0.2, -0.15) is 0 Å². The maximum atomic E-state index is 11.8. The number of pyridine rings is 1. The molecule has 0 saturated heterocycles. The van der Waals surface area contributed by atoms with Crippen LogP contribution in [-0.4, -0.2) is 30.6 Å². The maximum Gasteiger partial charge on any atom is 0.340 e. The second-order valence-electron chi connectivity index (χ2n) is 5.64. The number of nitrogen functional groups attached to an aromatic ring is 1. The van der Waals surface area contributed by atoms with Crippen LogP contribution in [0.15, 0.2) is 12.3 Å². The zero-order valence-electron chi connectivity index (χ0n) is 13.7. The van der Waals surface area contributed by atoms with Gasteiger partial charge in [0, 0.05) is 12.6 Å². The first-order chi connectivity index (χ1) is 9.94. The molecule has 118 valence electrons. The van der Waals surface area contributed by atoms with Crippen LogP contribution in [0.3, 0.4) is 0 Å². The van der Waals surface area contributed by atoms with Gasteiger partial charge in [0.15, 0.2) is 0 Å². The average Bonchev–Trinajstić information content (AvgIpc) is 2.47. The number of methoxy groups -OCH3 is 1. The Labute approximate surface area is 127 Å². The number of hydrogen-bond donors (Lipinski definition) is 1. The average molecular weight is 293 g/mol. The van der Waals surface area contributed by atoms with Crippen molar-refractivity contribution in [2.75, 3.05) is 24.3 Å². The van der Waals surface area contributed by atoms with E-state index in [1.54, 1.807) is 6.07 Å². The van der Waals surface area contributed by atoms with Crippen LogP contribution in [0.25, 0.3) is 0 Å². The number of hydrogen-bond acceptors (Lipinski definition) is 5. The van der Waals surface area contributed by atoms with Gasteiger partial charge >= 0.3 is 5.97 Å². The molecule has 1 heterocycles. The van der Waals surface area contributed by atoms with Crippen molar-refractivity contribution in [1.82, 2.24) is 4.98 Å². The molecule has 1 aromatic rings. The molecule has 0 amide bonds. The van der Waals surface area contributed by atoms with E-state index in [1.165, 1.54) is 13.3 Å². The maximum absolute atomic E-state index is 11.8. The molecule has 5 heteroatoms. The second-order valence-corrected chi connectivity index (χ2v) is 5.64. The van der Waals surface area contributed by atoms with Gasteiger partial charge in [0.2, 0.25) is 0 Å². The summed E-state index contributed by atoms with van der Waals surface area (Å²) in [5, 5.41) is 0. The summed E-state index contributed by atoms with van der Waals surface area (Å²) in [6, 6.07) is 2.14. The lowest BCUT2D eigenvalue weighted by Gasteiger charge is -2.33. The lowest BCUT2D eigenvalue weighted by Crippen LogP contribution is -2.38. The monoisotopic (exact) mass is 293 g/mol. The van der Waals surface area contributed by atoms with Gasteiger partial charge in [0.05, 0.1) is 24.6 Å². The van der Waals surface area contributed by atoms with E-state index in [-0.39, 0.29) is 0 Å². The quantitative estimate of drug-likeness (QED) is 0.782. The Morgan fingerprint density at radius 3 is 2.48 bits per heavy atom. The molecule has 1 rings (SSSR count). The summed E-state index contributed by atoms with van der Waals surface area (Å²) in [5.74, 6) is 0.865. The van der Waals surface area contributed by atoms with E-state index in [2.05, 4.69) is 37.6 Å². The van der Waals surface area contributed by atoms with Gasteiger partial charge in [-0.25, -0.2) is 9.78 Å². The molecule has 0 aliphatic heterocycles. The SMILES string of the molecule is CCC(CC)N(CC(C)C)c1cc(C(=O)OC)c(N)cn1. The highest BCUT2D eigenvalue weighted by Crippen LogP contribution is 2.24. The number of esters is 1. The molecule has 0 aliphatic carbocycles. The molecule has 0 saturated carbocycles. The third-order valence-electron chi connectivity index (χ3n) is 3.57. The number of anilines is 2. The number of ether oxygens (including phenoxy) is 1. The minimum Gasteiger partial charge on any atom is -0.465 e. The Morgan fingerprint density at radius 1 is 1.38 bits per heavy atom. The van der Waals surface area contributed by atoms with Crippen LogP contribution in [0.2, 0.25) is 0 Å². The van der Waals surface area contributed by atoms with Crippen molar-refractivity contribution in [2.24, 2.45) is 5.92 Å². The number of carbonyl (C=O) groups excluding carboxylic acids is 1. The summed E-state index contributed by atoms with van der Waals surface area (Å²) in [4.78, 5) is 18.5. The minimum absolute atomic E-state index is 0.347. The number of nitrogens with zero attached hydrogens (tertiary/aromatic N) is 2. The molecule has 0 bridgehead atoms. The molecule has 21 heavy (non-hydrogen) atoms. The summed E-state index contributed by atoms with van der Waals surface area (Å²) in [7, 11) is 1.36. The van der Waals surface area contributed by atoms with Gasteiger partial charge in [-0.3, -0.25) is 0 Å². The van der Waals surface area contributed by atoms with Crippen LogP contribution < -0.4 is 10.6 Å². The van der Waals surface area contributed by atoms with E-state index in [0.717, 1.165) is 25.2 Å². The molecular weight excluding hydrogens is 266 g/mol. The highest BCUT2D eigenvalue weighted by atomic mass is 16.5. The van der Waals surface area contributed by atoms with Crippen molar-refractivity contribution in [3.05, 3.63) is 17.8 Å². The molecule has 0 spiro atoms. The van der Waals surface area contributed by atoms with Gasteiger partial charge in [-0.15, -0.1) is 0 Å². The van der Waals surface area contributed by atoms with Crippen molar-refractivity contribution >= 4 is 17.5 Å². The fourth-order valence-electron chi connectivity index (χ4n) is 2.45. The molecule has 1 aromatic heterocycles. The number of nitrogens with two attached hydrogens (primary N) is 1. The Morgan fingerprint density at radius 2 is 2.00 bits per heavy atom. The first-order valence-electron chi connectivity index (χ1n) is 7.54. The number of aromatic nitrogens is 1. The highest BCUT2D eigenvalue weighted by Gasteiger charge is 2.20. The van der Waals surface area contributed by atoms with Crippen LogP contribution in [0, 0.1) is 5.92 Å². The second kappa shape index (κ2) is 7.86. The van der Waals surface area contributed by atoms with Crippen molar-refractivity contribution in [3.63, 3.8) is 0 Å². The molecule has 0 unspecified atom stereocenters.